The molecular formula is C20H29N5S2. The molecule has 2 unspecified atom stereocenters. The van der Waals surface area contributed by atoms with Crippen LogP contribution in [0.5, 0.6) is 0 Å². The third kappa shape index (κ3) is 5.45. The van der Waals surface area contributed by atoms with Crippen LogP contribution in [0.4, 0.5) is 0 Å². The number of rotatable bonds is 9. The minimum atomic E-state index is 0.391. The molecule has 0 aliphatic carbocycles. The van der Waals surface area contributed by atoms with Crippen LogP contribution >= 0.6 is 22.9 Å². The Balaban J connectivity index is 1.48. The molecule has 5 nitrogen and oxygen atoms in total. The van der Waals surface area contributed by atoms with Gasteiger partial charge in [-0.15, -0.1) is 16.4 Å². The number of hydrogen-bond acceptors (Lipinski definition) is 6. The molecule has 3 aromatic heterocycles. The Hall–Kier alpha value is -1.60. The highest BCUT2D eigenvalue weighted by atomic mass is 32.1. The maximum absolute atomic E-state index is 4.59. The van der Waals surface area contributed by atoms with Crippen molar-refractivity contribution in [2.45, 2.75) is 78.2 Å². The zero-order chi connectivity index (χ0) is 19.4. The van der Waals surface area contributed by atoms with Crippen molar-refractivity contribution >= 4 is 22.9 Å². The SMILES string of the molecule is Cc1csc(C(C)CCn2cc(C(C)CCc3cc(C(C)C)sn3)nn2)n1. The van der Waals surface area contributed by atoms with Gasteiger partial charge < -0.3 is 0 Å². The standard InChI is InChI=1S/C20H29N5S2/c1-13(2)19-10-17(23-27-19)7-6-14(3)18-11-25(24-22-18)9-8-15(4)20-21-16(5)12-26-20/h10-15H,6-9H2,1-5H3. The van der Waals surface area contributed by atoms with Crippen LogP contribution in [0.15, 0.2) is 17.6 Å². The minimum absolute atomic E-state index is 0.391. The van der Waals surface area contributed by atoms with Gasteiger partial charge in [0.2, 0.25) is 0 Å². The lowest BCUT2D eigenvalue weighted by Crippen LogP contribution is -2.03. The third-order valence-corrected chi connectivity index (χ3v) is 7.21. The van der Waals surface area contributed by atoms with E-state index in [2.05, 4.69) is 65.0 Å². The number of aromatic nitrogens is 5. The van der Waals surface area contributed by atoms with E-state index in [9.17, 15) is 0 Å². The average Bonchev–Trinajstić information content (AvgIpc) is 3.37. The molecule has 0 amide bonds. The van der Waals surface area contributed by atoms with E-state index in [1.807, 2.05) is 11.6 Å². The second-order valence-corrected chi connectivity index (χ2v) is 9.46. The van der Waals surface area contributed by atoms with Crippen molar-refractivity contribution in [3.8, 4) is 0 Å². The Bertz CT molecular complexity index is 848. The smallest absolute Gasteiger partial charge is 0.0957 e. The Kier molecular flexibility index (Phi) is 6.76. The molecule has 0 saturated carbocycles. The lowest BCUT2D eigenvalue weighted by atomic mass is 10.0. The Morgan fingerprint density at radius 1 is 1.11 bits per heavy atom. The first-order valence-corrected chi connectivity index (χ1v) is 11.3. The van der Waals surface area contributed by atoms with Gasteiger partial charge in [-0.25, -0.2) is 4.98 Å². The molecule has 2 atom stereocenters. The van der Waals surface area contributed by atoms with Gasteiger partial charge in [-0.2, -0.15) is 4.37 Å². The molecule has 3 rings (SSSR count). The van der Waals surface area contributed by atoms with Gasteiger partial charge in [-0.05, 0) is 49.7 Å². The predicted octanol–water partition coefficient (Wildman–Crippen LogP) is 5.55. The van der Waals surface area contributed by atoms with Crippen LogP contribution in [0.3, 0.4) is 0 Å². The molecule has 0 N–H and O–H groups in total. The molecular weight excluding hydrogens is 374 g/mol. The van der Waals surface area contributed by atoms with Crippen molar-refractivity contribution in [3.05, 3.63) is 44.6 Å². The summed E-state index contributed by atoms with van der Waals surface area (Å²) >= 11 is 3.38. The van der Waals surface area contributed by atoms with E-state index in [0.717, 1.165) is 37.2 Å². The van der Waals surface area contributed by atoms with Crippen LogP contribution in [-0.4, -0.2) is 24.4 Å². The fourth-order valence-electron chi connectivity index (χ4n) is 2.93. The largest absolute Gasteiger partial charge is 0.252 e. The van der Waals surface area contributed by atoms with E-state index in [-0.39, 0.29) is 0 Å². The lowest BCUT2D eigenvalue weighted by molar-refractivity contribution is 0.518. The molecule has 0 aromatic carbocycles. The highest BCUT2D eigenvalue weighted by molar-refractivity contribution is 7.09. The maximum Gasteiger partial charge on any atom is 0.0957 e. The summed E-state index contributed by atoms with van der Waals surface area (Å²) in [7, 11) is 0. The van der Waals surface area contributed by atoms with Gasteiger partial charge in [0.05, 0.1) is 16.4 Å². The molecule has 7 heteroatoms. The normalized spacial score (nSPS) is 14.0. The topological polar surface area (TPSA) is 56.5 Å². The molecule has 3 heterocycles. The van der Waals surface area contributed by atoms with Crippen molar-refractivity contribution in [3.63, 3.8) is 0 Å². The summed E-state index contributed by atoms with van der Waals surface area (Å²) in [5, 5.41) is 12.1. The first-order valence-electron chi connectivity index (χ1n) is 9.70. The first-order chi connectivity index (χ1) is 12.9. The van der Waals surface area contributed by atoms with E-state index in [0.29, 0.717) is 17.8 Å². The van der Waals surface area contributed by atoms with E-state index >= 15 is 0 Å². The molecule has 0 spiro atoms. The Morgan fingerprint density at radius 3 is 2.59 bits per heavy atom. The number of nitrogens with zero attached hydrogens (tertiary/aromatic N) is 5. The fourth-order valence-corrected chi connectivity index (χ4v) is 4.58. The van der Waals surface area contributed by atoms with Crippen LogP contribution in [0, 0.1) is 6.92 Å². The van der Waals surface area contributed by atoms with Crippen molar-refractivity contribution < 1.29 is 0 Å². The molecule has 146 valence electrons. The lowest BCUT2D eigenvalue weighted by Gasteiger charge is -2.08. The summed E-state index contributed by atoms with van der Waals surface area (Å²) in [4.78, 5) is 5.96. The molecule has 27 heavy (non-hydrogen) atoms. The fraction of sp³-hybridized carbons (Fsp3) is 0.600. The minimum Gasteiger partial charge on any atom is -0.252 e. The van der Waals surface area contributed by atoms with E-state index in [1.165, 1.54) is 15.6 Å². The predicted molar refractivity (Wildman–Crippen MR) is 113 cm³/mol. The molecule has 0 aliphatic heterocycles. The van der Waals surface area contributed by atoms with E-state index < -0.39 is 0 Å². The first kappa shape index (κ1) is 20.1. The van der Waals surface area contributed by atoms with Gasteiger partial charge in [-0.3, -0.25) is 4.68 Å². The van der Waals surface area contributed by atoms with Gasteiger partial charge in [0.25, 0.3) is 0 Å². The summed E-state index contributed by atoms with van der Waals surface area (Å²) in [5.74, 6) is 1.40. The molecule has 0 fully saturated rings. The highest BCUT2D eigenvalue weighted by Crippen LogP contribution is 2.25. The Morgan fingerprint density at radius 2 is 1.93 bits per heavy atom. The monoisotopic (exact) mass is 403 g/mol. The van der Waals surface area contributed by atoms with E-state index in [1.54, 1.807) is 22.9 Å². The van der Waals surface area contributed by atoms with E-state index in [4.69, 9.17) is 0 Å². The summed E-state index contributed by atoms with van der Waals surface area (Å²) in [5.41, 5.74) is 3.39. The average molecular weight is 404 g/mol. The van der Waals surface area contributed by atoms with Gasteiger partial charge in [0.1, 0.15) is 0 Å². The number of hydrogen-bond donors (Lipinski definition) is 0. The third-order valence-electron chi connectivity index (χ3n) is 4.89. The molecule has 0 bridgehead atoms. The Labute approximate surface area is 170 Å². The molecule has 0 saturated heterocycles. The second kappa shape index (κ2) is 9.06. The number of thiazole rings is 1. The molecule has 0 radical (unpaired) electrons. The van der Waals surface area contributed by atoms with Crippen molar-refractivity contribution in [1.29, 1.82) is 0 Å². The maximum atomic E-state index is 4.59. The van der Waals surface area contributed by atoms with Gasteiger partial charge in [0, 0.05) is 40.5 Å². The van der Waals surface area contributed by atoms with Crippen LogP contribution < -0.4 is 0 Å². The van der Waals surface area contributed by atoms with Crippen LogP contribution in [0.25, 0.3) is 0 Å². The summed E-state index contributed by atoms with van der Waals surface area (Å²) < 4.78 is 6.56. The zero-order valence-electron chi connectivity index (χ0n) is 16.8. The summed E-state index contributed by atoms with van der Waals surface area (Å²) in [6, 6.07) is 2.25. The number of aryl methyl sites for hydroxylation is 3. The van der Waals surface area contributed by atoms with Crippen LogP contribution in [0.1, 0.15) is 85.3 Å². The summed E-state index contributed by atoms with van der Waals surface area (Å²) in [6.07, 6.45) is 5.18. The molecule has 0 aliphatic rings. The van der Waals surface area contributed by atoms with Crippen molar-refractivity contribution in [2.24, 2.45) is 0 Å². The van der Waals surface area contributed by atoms with Crippen molar-refractivity contribution in [1.82, 2.24) is 24.4 Å². The van der Waals surface area contributed by atoms with Crippen molar-refractivity contribution in [2.75, 3.05) is 0 Å². The van der Waals surface area contributed by atoms with Crippen LogP contribution in [-0.2, 0) is 13.0 Å². The van der Waals surface area contributed by atoms with Crippen LogP contribution in [0.2, 0.25) is 0 Å². The van der Waals surface area contributed by atoms with Gasteiger partial charge >= 0.3 is 0 Å². The molecule has 3 aromatic rings. The second-order valence-electron chi connectivity index (χ2n) is 7.74. The zero-order valence-corrected chi connectivity index (χ0v) is 18.5. The summed E-state index contributed by atoms with van der Waals surface area (Å²) in [6.45, 7) is 11.8. The van der Waals surface area contributed by atoms with Gasteiger partial charge in [-0.1, -0.05) is 32.9 Å². The highest BCUT2D eigenvalue weighted by Gasteiger charge is 2.14. The quantitative estimate of drug-likeness (QED) is 0.470. The van der Waals surface area contributed by atoms with Gasteiger partial charge in [0.15, 0.2) is 0 Å².